The van der Waals surface area contributed by atoms with Gasteiger partial charge < -0.3 is 10.2 Å². The average molecular weight is 319 g/mol. The fourth-order valence-corrected chi connectivity index (χ4v) is 2.81. The van der Waals surface area contributed by atoms with Gasteiger partial charge in [0.2, 0.25) is 5.91 Å². The highest BCUT2D eigenvalue weighted by Crippen LogP contribution is 2.23. The fraction of sp³-hybridized carbons (Fsp3) is 0.500. The number of carbonyl (C=O) groups excluding carboxylic acids is 2. The lowest BCUT2D eigenvalue weighted by atomic mass is 10.1. The standard InChI is InChI=1S/C16H21N3O4/c1-3-8-17-15(20)14-5-4-9-18(14)16(21)12-6-7-13(19(22)23)11(2)10-12/h6-7,10,14H,3-5,8-9H2,1-2H3,(H,17,20). The number of likely N-dealkylation sites (tertiary alicyclic amines) is 1. The van der Waals surface area contributed by atoms with Crippen LogP contribution in [0.2, 0.25) is 0 Å². The molecule has 1 N–H and O–H groups in total. The van der Waals surface area contributed by atoms with Gasteiger partial charge in [-0.25, -0.2) is 0 Å². The van der Waals surface area contributed by atoms with Gasteiger partial charge in [0, 0.05) is 30.3 Å². The van der Waals surface area contributed by atoms with Gasteiger partial charge in [0.25, 0.3) is 11.6 Å². The van der Waals surface area contributed by atoms with Gasteiger partial charge in [0.05, 0.1) is 4.92 Å². The van der Waals surface area contributed by atoms with Gasteiger partial charge in [-0.2, -0.15) is 0 Å². The van der Waals surface area contributed by atoms with E-state index in [2.05, 4.69) is 5.32 Å². The van der Waals surface area contributed by atoms with Crippen LogP contribution in [-0.2, 0) is 4.79 Å². The summed E-state index contributed by atoms with van der Waals surface area (Å²) in [5.74, 6) is -0.381. The first-order valence-electron chi connectivity index (χ1n) is 7.79. The number of nitrogens with one attached hydrogen (secondary N) is 1. The van der Waals surface area contributed by atoms with E-state index in [1.54, 1.807) is 11.8 Å². The van der Waals surface area contributed by atoms with Crippen molar-refractivity contribution in [2.45, 2.75) is 39.2 Å². The molecule has 0 radical (unpaired) electrons. The van der Waals surface area contributed by atoms with E-state index in [0.29, 0.717) is 30.6 Å². The highest BCUT2D eigenvalue weighted by atomic mass is 16.6. The van der Waals surface area contributed by atoms with Crippen LogP contribution in [0.4, 0.5) is 5.69 Å². The molecule has 0 bridgehead atoms. The highest BCUT2D eigenvalue weighted by molar-refractivity contribution is 5.98. The summed E-state index contributed by atoms with van der Waals surface area (Å²) >= 11 is 0. The van der Waals surface area contributed by atoms with Crippen molar-refractivity contribution in [3.63, 3.8) is 0 Å². The van der Waals surface area contributed by atoms with Crippen molar-refractivity contribution in [3.8, 4) is 0 Å². The van der Waals surface area contributed by atoms with Crippen LogP contribution in [0.1, 0.15) is 42.1 Å². The van der Waals surface area contributed by atoms with Crippen molar-refractivity contribution in [1.82, 2.24) is 10.2 Å². The SMILES string of the molecule is CCCNC(=O)C1CCCN1C(=O)c1ccc([N+](=O)[O-])c(C)c1. The molecule has 1 atom stereocenters. The molecule has 1 heterocycles. The number of nitro groups is 1. The number of nitrogens with zero attached hydrogens (tertiary/aromatic N) is 2. The molecule has 1 aliphatic heterocycles. The van der Waals surface area contributed by atoms with Gasteiger partial charge in [0.15, 0.2) is 0 Å². The fourth-order valence-electron chi connectivity index (χ4n) is 2.81. The largest absolute Gasteiger partial charge is 0.354 e. The first-order valence-corrected chi connectivity index (χ1v) is 7.79. The van der Waals surface area contributed by atoms with Gasteiger partial charge in [-0.05, 0) is 38.3 Å². The van der Waals surface area contributed by atoms with Crippen LogP contribution in [0.25, 0.3) is 0 Å². The lowest BCUT2D eigenvalue weighted by Gasteiger charge is -2.24. The molecule has 1 aromatic carbocycles. The molecule has 2 amide bonds. The molecule has 1 aliphatic rings. The second-order valence-electron chi connectivity index (χ2n) is 5.71. The summed E-state index contributed by atoms with van der Waals surface area (Å²) in [6.45, 7) is 4.69. The summed E-state index contributed by atoms with van der Waals surface area (Å²) in [6.07, 6.45) is 2.27. The Labute approximate surface area is 134 Å². The van der Waals surface area contributed by atoms with E-state index in [-0.39, 0.29) is 17.5 Å². The Kier molecular flexibility index (Phi) is 5.31. The molecule has 0 saturated carbocycles. The molecule has 0 spiro atoms. The van der Waals surface area contributed by atoms with Crippen molar-refractivity contribution in [1.29, 1.82) is 0 Å². The third kappa shape index (κ3) is 3.67. The van der Waals surface area contributed by atoms with E-state index in [4.69, 9.17) is 0 Å². The van der Waals surface area contributed by atoms with Gasteiger partial charge in [-0.15, -0.1) is 0 Å². The molecule has 7 nitrogen and oxygen atoms in total. The number of rotatable bonds is 5. The molecule has 1 fully saturated rings. The Bertz CT molecular complexity index is 630. The van der Waals surface area contributed by atoms with E-state index in [1.807, 2.05) is 6.92 Å². The van der Waals surface area contributed by atoms with Gasteiger partial charge in [-0.3, -0.25) is 19.7 Å². The van der Waals surface area contributed by atoms with Crippen LogP contribution < -0.4 is 5.32 Å². The molecular weight excluding hydrogens is 298 g/mol. The average Bonchev–Trinajstić information content (AvgIpc) is 3.00. The predicted molar refractivity (Wildman–Crippen MR) is 85.2 cm³/mol. The van der Waals surface area contributed by atoms with Crippen LogP contribution in [0.3, 0.4) is 0 Å². The van der Waals surface area contributed by atoms with Crippen molar-refractivity contribution in [2.24, 2.45) is 0 Å². The van der Waals surface area contributed by atoms with Crippen molar-refractivity contribution in [3.05, 3.63) is 39.4 Å². The zero-order valence-electron chi connectivity index (χ0n) is 13.4. The smallest absolute Gasteiger partial charge is 0.272 e. The molecule has 1 unspecified atom stereocenters. The predicted octanol–water partition coefficient (Wildman–Crippen LogP) is 2.03. The van der Waals surface area contributed by atoms with Crippen molar-refractivity contribution >= 4 is 17.5 Å². The lowest BCUT2D eigenvalue weighted by Crippen LogP contribution is -2.46. The summed E-state index contributed by atoms with van der Waals surface area (Å²) in [5, 5.41) is 13.7. The second-order valence-corrected chi connectivity index (χ2v) is 5.71. The zero-order chi connectivity index (χ0) is 17.0. The molecule has 1 saturated heterocycles. The molecule has 124 valence electrons. The first-order chi connectivity index (χ1) is 11.0. The molecular formula is C16H21N3O4. The summed E-state index contributed by atoms with van der Waals surface area (Å²) in [5.41, 5.74) is 0.801. The molecule has 23 heavy (non-hydrogen) atoms. The van der Waals surface area contributed by atoms with Gasteiger partial charge >= 0.3 is 0 Å². The van der Waals surface area contributed by atoms with Crippen LogP contribution in [0, 0.1) is 17.0 Å². The maximum Gasteiger partial charge on any atom is 0.272 e. The summed E-state index contributed by atoms with van der Waals surface area (Å²) in [4.78, 5) is 36.8. The monoisotopic (exact) mass is 319 g/mol. The van der Waals surface area contributed by atoms with E-state index < -0.39 is 11.0 Å². The number of hydrogen-bond donors (Lipinski definition) is 1. The minimum Gasteiger partial charge on any atom is -0.354 e. The third-order valence-electron chi connectivity index (χ3n) is 4.01. The Morgan fingerprint density at radius 1 is 1.43 bits per heavy atom. The maximum absolute atomic E-state index is 12.6. The number of benzene rings is 1. The Balaban J connectivity index is 2.17. The molecule has 0 aromatic heterocycles. The van der Waals surface area contributed by atoms with E-state index in [1.165, 1.54) is 18.2 Å². The van der Waals surface area contributed by atoms with Crippen LogP contribution >= 0.6 is 0 Å². The minimum atomic E-state index is -0.472. The third-order valence-corrected chi connectivity index (χ3v) is 4.01. The van der Waals surface area contributed by atoms with Crippen LogP contribution in [-0.4, -0.2) is 40.8 Å². The number of aryl methyl sites for hydroxylation is 1. The Morgan fingerprint density at radius 3 is 2.78 bits per heavy atom. The summed E-state index contributed by atoms with van der Waals surface area (Å²) < 4.78 is 0. The molecule has 7 heteroatoms. The molecule has 0 aliphatic carbocycles. The molecule has 1 aromatic rings. The van der Waals surface area contributed by atoms with Crippen molar-refractivity contribution < 1.29 is 14.5 Å². The first kappa shape index (κ1) is 16.9. The maximum atomic E-state index is 12.6. The number of hydrogen-bond acceptors (Lipinski definition) is 4. The summed E-state index contributed by atoms with van der Waals surface area (Å²) in [7, 11) is 0. The number of carbonyl (C=O) groups is 2. The second kappa shape index (κ2) is 7.21. The topological polar surface area (TPSA) is 92.6 Å². The Morgan fingerprint density at radius 2 is 2.17 bits per heavy atom. The number of nitro benzene ring substituents is 1. The van der Waals surface area contributed by atoms with Gasteiger partial charge in [-0.1, -0.05) is 6.92 Å². The zero-order valence-corrected chi connectivity index (χ0v) is 13.4. The quantitative estimate of drug-likeness (QED) is 0.664. The van der Waals surface area contributed by atoms with Crippen molar-refractivity contribution in [2.75, 3.05) is 13.1 Å². The minimum absolute atomic E-state index is 0.0137. The van der Waals surface area contributed by atoms with Crippen LogP contribution in [0.5, 0.6) is 0 Å². The van der Waals surface area contributed by atoms with E-state index >= 15 is 0 Å². The molecule has 2 rings (SSSR count). The highest BCUT2D eigenvalue weighted by Gasteiger charge is 2.34. The van der Waals surface area contributed by atoms with E-state index in [9.17, 15) is 19.7 Å². The number of amides is 2. The lowest BCUT2D eigenvalue weighted by molar-refractivity contribution is -0.385. The summed E-state index contributed by atoms with van der Waals surface area (Å²) in [6, 6.07) is 3.85. The van der Waals surface area contributed by atoms with Gasteiger partial charge in [0.1, 0.15) is 6.04 Å². The van der Waals surface area contributed by atoms with E-state index in [0.717, 1.165) is 12.8 Å². The van der Waals surface area contributed by atoms with Crippen LogP contribution in [0.15, 0.2) is 18.2 Å². The normalized spacial score (nSPS) is 17.1. The Hall–Kier alpha value is -2.44.